The molecule has 0 saturated heterocycles. The van der Waals surface area contributed by atoms with Crippen LogP contribution in [0.25, 0.3) is 11.1 Å². The minimum atomic E-state index is -1.33. The minimum absolute atomic E-state index is 0.0885. The standard InChI is InChI=1S/C35H36F6O4/c1-3-44-28-17-16-27(33(40)34(28)41)26-15-14-25(31(38)32(26)39)19-4-6-21(7-5-19)35(43)45-22-10-8-20(9-11-22)24-13-12-23(18(2)42)29(36)30(24)37/h12-22,42H,3-11H2,1-2H3. The van der Waals surface area contributed by atoms with Crippen LogP contribution in [-0.4, -0.2) is 23.8 Å². The number of carbonyl (C=O) groups is 1. The highest BCUT2D eigenvalue weighted by Crippen LogP contribution is 2.42. The van der Waals surface area contributed by atoms with Crippen LogP contribution in [0.1, 0.15) is 99.8 Å². The lowest BCUT2D eigenvalue weighted by Crippen LogP contribution is -2.30. The number of halogens is 6. The molecule has 1 N–H and O–H groups in total. The maximum absolute atomic E-state index is 15.2. The smallest absolute Gasteiger partial charge is 0.309 e. The molecule has 45 heavy (non-hydrogen) atoms. The zero-order chi connectivity index (χ0) is 32.4. The van der Waals surface area contributed by atoms with Crippen LogP contribution in [0, 0.1) is 40.8 Å². The van der Waals surface area contributed by atoms with Gasteiger partial charge < -0.3 is 14.6 Å². The van der Waals surface area contributed by atoms with Gasteiger partial charge in [0.2, 0.25) is 5.82 Å². The van der Waals surface area contributed by atoms with Crippen molar-refractivity contribution in [3.05, 3.63) is 88.0 Å². The van der Waals surface area contributed by atoms with Crippen molar-refractivity contribution in [2.24, 2.45) is 5.92 Å². The van der Waals surface area contributed by atoms with E-state index < -0.39 is 58.1 Å². The maximum Gasteiger partial charge on any atom is 0.309 e. The molecule has 0 aromatic heterocycles. The van der Waals surface area contributed by atoms with Crippen LogP contribution in [0.5, 0.6) is 5.75 Å². The molecule has 242 valence electrons. The van der Waals surface area contributed by atoms with Gasteiger partial charge in [-0.25, -0.2) is 22.0 Å². The summed E-state index contributed by atoms with van der Waals surface area (Å²) in [6.07, 6.45) is 2.24. The predicted octanol–water partition coefficient (Wildman–Crippen LogP) is 9.18. The molecule has 4 nitrogen and oxygen atoms in total. The molecular formula is C35H36F6O4. The molecule has 2 fully saturated rings. The monoisotopic (exact) mass is 634 g/mol. The first-order valence-electron chi connectivity index (χ1n) is 15.5. The van der Waals surface area contributed by atoms with Gasteiger partial charge in [-0.15, -0.1) is 0 Å². The van der Waals surface area contributed by atoms with Gasteiger partial charge in [-0.3, -0.25) is 4.79 Å². The third-order valence-electron chi connectivity index (χ3n) is 9.24. The summed E-state index contributed by atoms with van der Waals surface area (Å²) in [4.78, 5) is 12.9. The number of hydrogen-bond acceptors (Lipinski definition) is 4. The number of aliphatic hydroxyl groups is 1. The minimum Gasteiger partial charge on any atom is -0.491 e. The van der Waals surface area contributed by atoms with E-state index in [9.17, 15) is 27.5 Å². The molecule has 1 unspecified atom stereocenters. The molecule has 2 saturated carbocycles. The summed E-state index contributed by atoms with van der Waals surface area (Å²) in [6, 6.07) is 7.86. The van der Waals surface area contributed by atoms with Crippen LogP contribution < -0.4 is 4.74 Å². The Balaban J connectivity index is 1.16. The second kappa shape index (κ2) is 13.8. The number of rotatable bonds is 8. The summed E-state index contributed by atoms with van der Waals surface area (Å²) in [5, 5.41) is 9.63. The van der Waals surface area contributed by atoms with Crippen molar-refractivity contribution in [2.45, 2.75) is 89.3 Å². The number of carbonyl (C=O) groups excluding carboxylic acids is 1. The number of ether oxygens (including phenoxy) is 2. The van der Waals surface area contributed by atoms with Crippen molar-refractivity contribution in [3.63, 3.8) is 0 Å². The van der Waals surface area contributed by atoms with E-state index in [4.69, 9.17) is 9.47 Å². The van der Waals surface area contributed by atoms with Gasteiger partial charge in [0, 0.05) is 16.7 Å². The zero-order valence-corrected chi connectivity index (χ0v) is 25.2. The van der Waals surface area contributed by atoms with Crippen molar-refractivity contribution in [1.29, 1.82) is 0 Å². The third-order valence-corrected chi connectivity index (χ3v) is 9.24. The molecule has 2 aliphatic rings. The number of hydrogen-bond donors (Lipinski definition) is 1. The van der Waals surface area contributed by atoms with E-state index in [1.54, 1.807) is 6.92 Å². The van der Waals surface area contributed by atoms with E-state index in [0.717, 1.165) is 6.07 Å². The van der Waals surface area contributed by atoms with Crippen molar-refractivity contribution in [2.75, 3.05) is 6.61 Å². The normalized spacial score (nSPS) is 22.6. The largest absolute Gasteiger partial charge is 0.491 e. The Hall–Kier alpha value is -3.53. The Morgan fingerprint density at radius 1 is 0.711 bits per heavy atom. The van der Waals surface area contributed by atoms with Gasteiger partial charge in [-0.05, 0) is 100 Å². The van der Waals surface area contributed by atoms with E-state index in [1.165, 1.54) is 37.3 Å². The van der Waals surface area contributed by atoms with E-state index >= 15 is 8.78 Å². The number of benzene rings is 3. The Kier molecular flexibility index (Phi) is 10.1. The first-order valence-corrected chi connectivity index (χ1v) is 15.5. The van der Waals surface area contributed by atoms with Crippen molar-refractivity contribution < 1.29 is 45.7 Å². The fourth-order valence-electron chi connectivity index (χ4n) is 6.70. The summed E-state index contributed by atoms with van der Waals surface area (Å²) >= 11 is 0. The molecule has 0 radical (unpaired) electrons. The third kappa shape index (κ3) is 6.71. The molecule has 0 heterocycles. The quantitative estimate of drug-likeness (QED) is 0.198. The fourth-order valence-corrected chi connectivity index (χ4v) is 6.70. The maximum atomic E-state index is 15.2. The average molecular weight is 635 g/mol. The van der Waals surface area contributed by atoms with Crippen LogP contribution in [0.15, 0.2) is 36.4 Å². The predicted molar refractivity (Wildman–Crippen MR) is 156 cm³/mol. The van der Waals surface area contributed by atoms with Crippen molar-refractivity contribution >= 4 is 5.97 Å². The summed E-state index contributed by atoms with van der Waals surface area (Å²) in [5.74, 6) is -8.63. The van der Waals surface area contributed by atoms with E-state index in [1.807, 2.05) is 0 Å². The second-order valence-corrected chi connectivity index (χ2v) is 12.0. The van der Waals surface area contributed by atoms with Gasteiger partial charge in [0.05, 0.1) is 18.6 Å². The first kappa shape index (κ1) is 32.9. The van der Waals surface area contributed by atoms with Crippen LogP contribution in [0.3, 0.4) is 0 Å². The van der Waals surface area contributed by atoms with Crippen LogP contribution in [-0.2, 0) is 9.53 Å². The van der Waals surface area contributed by atoms with Gasteiger partial charge in [-0.1, -0.05) is 24.3 Å². The molecule has 0 amide bonds. The SMILES string of the molecule is CCOc1ccc(-c2ccc(C3CCC(C(=O)OC4CCC(c5ccc(C(C)O)c(F)c5F)CC4)CC3)c(F)c2F)c(F)c1F. The summed E-state index contributed by atoms with van der Waals surface area (Å²) in [7, 11) is 0. The van der Waals surface area contributed by atoms with Gasteiger partial charge >= 0.3 is 5.97 Å². The Morgan fingerprint density at radius 2 is 1.22 bits per heavy atom. The topological polar surface area (TPSA) is 55.8 Å². The van der Waals surface area contributed by atoms with Crippen LogP contribution in [0.2, 0.25) is 0 Å². The van der Waals surface area contributed by atoms with Crippen molar-refractivity contribution in [1.82, 2.24) is 0 Å². The highest BCUT2D eigenvalue weighted by Gasteiger charge is 2.34. The van der Waals surface area contributed by atoms with Gasteiger partial charge in [0.25, 0.3) is 0 Å². The van der Waals surface area contributed by atoms with Gasteiger partial charge in [-0.2, -0.15) is 4.39 Å². The summed E-state index contributed by atoms with van der Waals surface area (Å²) in [6.45, 7) is 3.09. The Bertz CT molecular complexity index is 1540. The highest BCUT2D eigenvalue weighted by molar-refractivity contribution is 5.73. The second-order valence-electron chi connectivity index (χ2n) is 12.0. The number of esters is 1. The Morgan fingerprint density at radius 3 is 1.80 bits per heavy atom. The van der Waals surface area contributed by atoms with E-state index in [-0.39, 0.29) is 53.0 Å². The first-order chi connectivity index (χ1) is 21.5. The summed E-state index contributed by atoms with van der Waals surface area (Å²) in [5.41, 5.74) is -0.514. The molecule has 3 aromatic rings. The molecule has 10 heteroatoms. The molecule has 0 aliphatic heterocycles. The molecular weight excluding hydrogens is 598 g/mol. The van der Waals surface area contributed by atoms with E-state index in [2.05, 4.69) is 0 Å². The lowest BCUT2D eigenvalue weighted by atomic mass is 9.78. The molecule has 5 rings (SSSR count). The van der Waals surface area contributed by atoms with Crippen LogP contribution >= 0.6 is 0 Å². The molecule has 1 atom stereocenters. The van der Waals surface area contributed by atoms with Crippen LogP contribution in [0.4, 0.5) is 26.3 Å². The van der Waals surface area contributed by atoms with Gasteiger partial charge in [0.1, 0.15) is 6.10 Å². The molecule has 3 aromatic carbocycles. The molecule has 0 spiro atoms. The highest BCUT2D eigenvalue weighted by atomic mass is 19.2. The molecule has 2 aliphatic carbocycles. The lowest BCUT2D eigenvalue weighted by molar-refractivity contribution is -0.157. The zero-order valence-electron chi connectivity index (χ0n) is 25.2. The van der Waals surface area contributed by atoms with Crippen molar-refractivity contribution in [3.8, 4) is 16.9 Å². The average Bonchev–Trinajstić information content (AvgIpc) is 3.03. The molecule has 0 bridgehead atoms. The summed E-state index contributed by atoms with van der Waals surface area (Å²) < 4.78 is 99.2. The van der Waals surface area contributed by atoms with E-state index in [0.29, 0.717) is 51.4 Å². The lowest BCUT2D eigenvalue weighted by Gasteiger charge is -2.32. The van der Waals surface area contributed by atoms with Gasteiger partial charge in [0.15, 0.2) is 34.8 Å². The Labute approximate surface area is 258 Å². The number of aliphatic hydroxyl groups excluding tert-OH is 1. The fraction of sp³-hybridized carbons (Fsp3) is 0.457.